The molecule has 2 aliphatic carbocycles. The first-order valence-electron chi connectivity index (χ1n) is 7.76. The van der Waals surface area contributed by atoms with E-state index in [0.29, 0.717) is 26.1 Å². The summed E-state index contributed by atoms with van der Waals surface area (Å²) in [5, 5.41) is 0. The average molecular weight is 294 g/mol. The van der Waals surface area contributed by atoms with Crippen LogP contribution >= 0.6 is 0 Å². The highest BCUT2D eigenvalue weighted by molar-refractivity contribution is 6.18. The average Bonchev–Trinajstić information content (AvgIpc) is 2.92. The fraction of sp³-hybridized carbons (Fsp3) is 0.750. The molecule has 0 aromatic heterocycles. The Kier molecular flexibility index (Phi) is 3.66. The van der Waals surface area contributed by atoms with Crippen molar-refractivity contribution >= 4 is 11.8 Å². The van der Waals surface area contributed by atoms with Crippen molar-refractivity contribution in [1.29, 1.82) is 0 Å². The quantitative estimate of drug-likeness (QED) is 0.577. The first-order valence-corrected chi connectivity index (χ1v) is 7.76. The van der Waals surface area contributed by atoms with Gasteiger partial charge in [0, 0.05) is 18.3 Å². The number of hydrogen-bond acceptors (Lipinski definition) is 5. The molecular weight excluding hydrogens is 272 g/mol. The maximum absolute atomic E-state index is 12.3. The molecule has 1 atom stereocenters. The van der Waals surface area contributed by atoms with E-state index in [-0.39, 0.29) is 18.0 Å². The second kappa shape index (κ2) is 5.21. The maximum Gasteiger partial charge on any atom is 0.341 e. The summed E-state index contributed by atoms with van der Waals surface area (Å²) < 4.78 is 17.0. The molecule has 1 aliphatic heterocycles. The highest BCUT2D eigenvalue weighted by Gasteiger charge is 2.59. The SMILES string of the molecule is CCOC(=O)C1=C2CCCC3(OCCO3)C2(C)CCC1=O. The standard InChI is InChI=1S/C16H22O5/c1-3-19-14(18)13-11-5-4-7-16(20-9-10-21-16)15(11,2)8-6-12(13)17/h3-10H2,1-2H3. The van der Waals surface area contributed by atoms with Gasteiger partial charge in [-0.1, -0.05) is 6.92 Å². The molecule has 3 rings (SSSR count). The van der Waals surface area contributed by atoms with Crippen LogP contribution in [0, 0.1) is 5.41 Å². The largest absolute Gasteiger partial charge is 0.462 e. The Morgan fingerprint density at radius 1 is 1.24 bits per heavy atom. The number of ether oxygens (including phenoxy) is 3. The molecule has 5 nitrogen and oxygen atoms in total. The van der Waals surface area contributed by atoms with Crippen LogP contribution in [0.1, 0.15) is 46.0 Å². The molecule has 0 amide bonds. The van der Waals surface area contributed by atoms with E-state index in [1.807, 2.05) is 0 Å². The zero-order valence-corrected chi connectivity index (χ0v) is 12.7. The molecule has 1 heterocycles. The van der Waals surface area contributed by atoms with Gasteiger partial charge in [-0.3, -0.25) is 4.79 Å². The lowest BCUT2D eigenvalue weighted by molar-refractivity contribution is -0.237. The second-order valence-corrected chi connectivity index (χ2v) is 6.13. The zero-order valence-electron chi connectivity index (χ0n) is 12.7. The number of carbonyl (C=O) groups excluding carboxylic acids is 2. The van der Waals surface area contributed by atoms with Crippen molar-refractivity contribution in [2.45, 2.75) is 51.7 Å². The zero-order chi connectivity index (χ0) is 15.1. The molecule has 21 heavy (non-hydrogen) atoms. The van der Waals surface area contributed by atoms with Crippen molar-refractivity contribution in [3.05, 3.63) is 11.1 Å². The fourth-order valence-corrected chi connectivity index (χ4v) is 4.04. The third-order valence-electron chi connectivity index (χ3n) is 5.11. The lowest BCUT2D eigenvalue weighted by atomic mass is 9.60. The molecule has 1 saturated heterocycles. The minimum absolute atomic E-state index is 0.101. The monoisotopic (exact) mass is 294 g/mol. The Morgan fingerprint density at radius 2 is 1.95 bits per heavy atom. The summed E-state index contributed by atoms with van der Waals surface area (Å²) in [7, 11) is 0. The van der Waals surface area contributed by atoms with Gasteiger partial charge in [0.15, 0.2) is 11.6 Å². The molecule has 1 saturated carbocycles. The summed E-state index contributed by atoms with van der Waals surface area (Å²) in [5.74, 6) is -1.26. The van der Waals surface area contributed by atoms with Crippen LogP contribution in [0.25, 0.3) is 0 Å². The molecule has 3 aliphatic rings. The molecule has 0 bridgehead atoms. The van der Waals surface area contributed by atoms with Crippen molar-refractivity contribution in [2.75, 3.05) is 19.8 Å². The van der Waals surface area contributed by atoms with Gasteiger partial charge in [0.05, 0.1) is 19.8 Å². The van der Waals surface area contributed by atoms with Gasteiger partial charge in [-0.15, -0.1) is 0 Å². The number of rotatable bonds is 2. The molecule has 1 spiro atoms. The van der Waals surface area contributed by atoms with Crippen molar-refractivity contribution in [3.8, 4) is 0 Å². The Balaban J connectivity index is 2.08. The normalized spacial score (nSPS) is 31.4. The van der Waals surface area contributed by atoms with Gasteiger partial charge in [0.25, 0.3) is 0 Å². The van der Waals surface area contributed by atoms with Crippen LogP contribution in [0.4, 0.5) is 0 Å². The number of ketones is 1. The smallest absolute Gasteiger partial charge is 0.341 e. The molecule has 2 fully saturated rings. The number of carbonyl (C=O) groups is 2. The first kappa shape index (κ1) is 14.7. The van der Waals surface area contributed by atoms with Gasteiger partial charge in [-0.25, -0.2) is 4.79 Å². The lowest BCUT2D eigenvalue weighted by Gasteiger charge is -2.51. The molecule has 5 heteroatoms. The van der Waals surface area contributed by atoms with Crippen molar-refractivity contribution in [3.63, 3.8) is 0 Å². The van der Waals surface area contributed by atoms with Crippen LogP contribution in [0.5, 0.6) is 0 Å². The van der Waals surface area contributed by atoms with E-state index in [2.05, 4.69) is 6.92 Å². The van der Waals surface area contributed by atoms with Gasteiger partial charge in [0.1, 0.15) is 5.57 Å². The predicted molar refractivity (Wildman–Crippen MR) is 74.5 cm³/mol. The van der Waals surface area contributed by atoms with Crippen molar-refractivity contribution < 1.29 is 23.8 Å². The second-order valence-electron chi connectivity index (χ2n) is 6.13. The fourth-order valence-electron chi connectivity index (χ4n) is 4.04. The minimum Gasteiger partial charge on any atom is -0.462 e. The van der Waals surface area contributed by atoms with Crippen LogP contribution in [0.3, 0.4) is 0 Å². The number of Topliss-reactive ketones (excluding diaryl/α,β-unsaturated/α-hetero) is 1. The summed E-state index contributed by atoms with van der Waals surface area (Å²) in [6.45, 7) is 5.24. The summed E-state index contributed by atoms with van der Waals surface area (Å²) in [6.07, 6.45) is 3.44. The maximum atomic E-state index is 12.3. The summed E-state index contributed by atoms with van der Waals surface area (Å²) in [6, 6.07) is 0. The molecule has 0 radical (unpaired) electrons. The van der Waals surface area contributed by atoms with Gasteiger partial charge < -0.3 is 14.2 Å². The van der Waals surface area contributed by atoms with E-state index in [1.54, 1.807) is 6.92 Å². The molecule has 1 unspecified atom stereocenters. The van der Waals surface area contributed by atoms with Crippen molar-refractivity contribution in [2.24, 2.45) is 5.41 Å². The van der Waals surface area contributed by atoms with E-state index in [9.17, 15) is 9.59 Å². The number of esters is 1. The Bertz CT molecular complexity index is 501. The van der Waals surface area contributed by atoms with Crippen LogP contribution in [-0.4, -0.2) is 37.4 Å². The number of fused-ring (bicyclic) bond motifs is 2. The van der Waals surface area contributed by atoms with E-state index >= 15 is 0 Å². The molecule has 116 valence electrons. The van der Waals surface area contributed by atoms with Crippen LogP contribution in [0.2, 0.25) is 0 Å². The minimum atomic E-state index is -0.668. The van der Waals surface area contributed by atoms with E-state index in [0.717, 1.165) is 24.8 Å². The van der Waals surface area contributed by atoms with E-state index in [4.69, 9.17) is 14.2 Å². The van der Waals surface area contributed by atoms with Gasteiger partial charge >= 0.3 is 5.97 Å². The summed E-state index contributed by atoms with van der Waals surface area (Å²) in [4.78, 5) is 24.5. The number of hydrogen-bond donors (Lipinski definition) is 0. The molecular formula is C16H22O5. The third-order valence-corrected chi connectivity index (χ3v) is 5.11. The van der Waals surface area contributed by atoms with Gasteiger partial charge in [-0.05, 0) is 31.8 Å². The van der Waals surface area contributed by atoms with Crippen LogP contribution < -0.4 is 0 Å². The Morgan fingerprint density at radius 3 is 2.62 bits per heavy atom. The Hall–Kier alpha value is -1.20. The topological polar surface area (TPSA) is 61.8 Å². The van der Waals surface area contributed by atoms with Crippen LogP contribution in [-0.2, 0) is 23.8 Å². The highest BCUT2D eigenvalue weighted by Crippen LogP contribution is 2.57. The third kappa shape index (κ3) is 2.06. The molecule has 0 aromatic carbocycles. The predicted octanol–water partition coefficient (Wildman–Crippen LogP) is 2.14. The molecule has 0 N–H and O–H groups in total. The molecule has 0 aromatic rings. The highest BCUT2D eigenvalue weighted by atomic mass is 16.7. The first-order chi connectivity index (χ1) is 10.0. The Labute approximate surface area is 124 Å². The summed E-state index contributed by atoms with van der Waals surface area (Å²) >= 11 is 0. The van der Waals surface area contributed by atoms with E-state index < -0.39 is 17.2 Å². The van der Waals surface area contributed by atoms with Gasteiger partial charge in [-0.2, -0.15) is 0 Å². The summed E-state index contributed by atoms with van der Waals surface area (Å²) in [5.41, 5.74) is 0.728. The lowest BCUT2D eigenvalue weighted by Crippen LogP contribution is -2.53. The van der Waals surface area contributed by atoms with Gasteiger partial charge in [0.2, 0.25) is 0 Å². The van der Waals surface area contributed by atoms with Crippen molar-refractivity contribution in [1.82, 2.24) is 0 Å². The van der Waals surface area contributed by atoms with E-state index in [1.165, 1.54) is 0 Å². The van der Waals surface area contributed by atoms with Crippen LogP contribution in [0.15, 0.2) is 11.1 Å².